The van der Waals surface area contributed by atoms with E-state index in [1.165, 1.54) is 45.6 Å². The van der Waals surface area contributed by atoms with Crippen LogP contribution in [-0.4, -0.2) is 60.6 Å². The van der Waals surface area contributed by atoms with E-state index in [0.717, 1.165) is 6.54 Å². The Labute approximate surface area is 114 Å². The Hall–Kier alpha value is -0.120. The molecule has 0 radical (unpaired) electrons. The Balaban J connectivity index is 2.25. The minimum Gasteiger partial charge on any atom is -0.310 e. The Morgan fingerprint density at radius 3 is 2.22 bits per heavy atom. The fraction of sp³-hybridized carbons (Fsp3) is 1.00. The van der Waals surface area contributed by atoms with Crippen LogP contribution < -0.4 is 5.32 Å². The summed E-state index contributed by atoms with van der Waals surface area (Å²) in [5.41, 5.74) is 0.276. The Morgan fingerprint density at radius 1 is 1.11 bits per heavy atom. The predicted molar refractivity (Wildman–Crippen MR) is 80.1 cm³/mol. The normalized spacial score (nSPS) is 21.2. The van der Waals surface area contributed by atoms with Crippen LogP contribution >= 0.6 is 0 Å². The van der Waals surface area contributed by atoms with E-state index in [1.807, 2.05) is 0 Å². The van der Waals surface area contributed by atoms with E-state index >= 15 is 0 Å². The molecule has 3 heteroatoms. The molecule has 1 aliphatic rings. The highest BCUT2D eigenvalue weighted by atomic mass is 15.3. The van der Waals surface area contributed by atoms with Crippen molar-refractivity contribution in [3.63, 3.8) is 0 Å². The van der Waals surface area contributed by atoms with E-state index in [-0.39, 0.29) is 5.54 Å². The lowest BCUT2D eigenvalue weighted by atomic mass is 10.0. The fourth-order valence-corrected chi connectivity index (χ4v) is 2.42. The molecule has 1 aliphatic heterocycles. The highest BCUT2D eigenvalue weighted by Gasteiger charge is 2.22. The molecule has 0 aromatic carbocycles. The van der Waals surface area contributed by atoms with E-state index in [1.54, 1.807) is 0 Å². The van der Waals surface area contributed by atoms with Crippen molar-refractivity contribution >= 4 is 0 Å². The number of nitrogens with zero attached hydrogens (tertiary/aromatic N) is 2. The van der Waals surface area contributed by atoms with E-state index in [2.05, 4.69) is 49.7 Å². The second-order valence-electron chi connectivity index (χ2n) is 6.34. The summed E-state index contributed by atoms with van der Waals surface area (Å²) in [4.78, 5) is 5.22. The molecule has 1 saturated heterocycles. The third-order valence-corrected chi connectivity index (χ3v) is 4.33. The van der Waals surface area contributed by atoms with Crippen LogP contribution in [0.15, 0.2) is 0 Å². The third kappa shape index (κ3) is 5.25. The van der Waals surface area contributed by atoms with Gasteiger partial charge < -0.3 is 10.2 Å². The van der Waals surface area contributed by atoms with Gasteiger partial charge in [-0.1, -0.05) is 13.8 Å². The van der Waals surface area contributed by atoms with Crippen molar-refractivity contribution in [1.82, 2.24) is 15.1 Å². The molecule has 1 fully saturated rings. The molecule has 0 aromatic rings. The Bertz CT molecular complexity index is 220. The van der Waals surface area contributed by atoms with Crippen molar-refractivity contribution in [2.45, 2.75) is 59.0 Å². The molecule has 0 spiro atoms. The molecule has 1 N–H and O–H groups in total. The van der Waals surface area contributed by atoms with Crippen molar-refractivity contribution in [3.8, 4) is 0 Å². The van der Waals surface area contributed by atoms with Crippen LogP contribution in [0.2, 0.25) is 0 Å². The smallest absolute Gasteiger partial charge is 0.0193 e. The van der Waals surface area contributed by atoms with Crippen molar-refractivity contribution in [1.29, 1.82) is 0 Å². The van der Waals surface area contributed by atoms with Gasteiger partial charge in [0.1, 0.15) is 0 Å². The zero-order valence-corrected chi connectivity index (χ0v) is 13.1. The van der Waals surface area contributed by atoms with Crippen LogP contribution in [0.1, 0.15) is 47.5 Å². The molecule has 108 valence electrons. The summed E-state index contributed by atoms with van der Waals surface area (Å²) in [6, 6.07) is 0.652. The van der Waals surface area contributed by atoms with Crippen LogP contribution in [0.25, 0.3) is 0 Å². The van der Waals surface area contributed by atoms with Crippen LogP contribution in [0.3, 0.4) is 0 Å². The Morgan fingerprint density at radius 2 is 1.72 bits per heavy atom. The van der Waals surface area contributed by atoms with Gasteiger partial charge in [-0.3, -0.25) is 4.90 Å². The van der Waals surface area contributed by atoms with Crippen molar-refractivity contribution in [2.75, 3.05) is 39.3 Å². The molecule has 0 aromatic heterocycles. The van der Waals surface area contributed by atoms with E-state index in [9.17, 15) is 0 Å². The maximum Gasteiger partial charge on any atom is 0.0193 e. The second kappa shape index (κ2) is 7.46. The molecule has 1 atom stereocenters. The van der Waals surface area contributed by atoms with Gasteiger partial charge in [-0.25, -0.2) is 0 Å². The maximum atomic E-state index is 3.69. The number of piperazine rings is 1. The zero-order valence-electron chi connectivity index (χ0n) is 13.1. The summed E-state index contributed by atoms with van der Waals surface area (Å²) in [7, 11) is 0. The van der Waals surface area contributed by atoms with Gasteiger partial charge in [0.25, 0.3) is 0 Å². The summed E-state index contributed by atoms with van der Waals surface area (Å²) in [6.07, 6.45) is 2.46. The summed E-state index contributed by atoms with van der Waals surface area (Å²) in [5.74, 6) is 0. The van der Waals surface area contributed by atoms with Crippen molar-refractivity contribution in [3.05, 3.63) is 0 Å². The average molecular weight is 255 g/mol. The van der Waals surface area contributed by atoms with Gasteiger partial charge in [-0.2, -0.15) is 0 Å². The van der Waals surface area contributed by atoms with Crippen molar-refractivity contribution in [2.24, 2.45) is 0 Å². The molecule has 0 amide bonds. The first-order valence-corrected chi connectivity index (χ1v) is 7.70. The molecular weight excluding hydrogens is 222 g/mol. The van der Waals surface area contributed by atoms with Crippen molar-refractivity contribution < 1.29 is 0 Å². The molecule has 18 heavy (non-hydrogen) atoms. The monoisotopic (exact) mass is 255 g/mol. The summed E-state index contributed by atoms with van der Waals surface area (Å²) in [6.45, 7) is 18.8. The highest BCUT2D eigenvalue weighted by Crippen LogP contribution is 2.10. The first kappa shape index (κ1) is 15.9. The first-order chi connectivity index (χ1) is 8.48. The second-order valence-corrected chi connectivity index (χ2v) is 6.34. The van der Waals surface area contributed by atoms with E-state index in [0.29, 0.717) is 6.04 Å². The van der Waals surface area contributed by atoms with E-state index < -0.39 is 0 Å². The first-order valence-electron chi connectivity index (χ1n) is 7.70. The molecule has 1 unspecified atom stereocenters. The number of rotatable bonds is 7. The van der Waals surface area contributed by atoms with Crippen LogP contribution in [0, 0.1) is 0 Å². The lowest BCUT2D eigenvalue weighted by Crippen LogP contribution is -2.53. The topological polar surface area (TPSA) is 18.5 Å². The van der Waals surface area contributed by atoms with Gasteiger partial charge in [0.15, 0.2) is 0 Å². The van der Waals surface area contributed by atoms with Gasteiger partial charge >= 0.3 is 0 Å². The number of nitrogens with one attached hydrogen (secondary N) is 1. The van der Waals surface area contributed by atoms with Gasteiger partial charge in [0.05, 0.1) is 0 Å². The predicted octanol–water partition coefficient (Wildman–Crippen LogP) is 2.18. The molecule has 0 saturated carbocycles. The molecule has 0 aliphatic carbocycles. The molecule has 3 nitrogen and oxygen atoms in total. The fourth-order valence-electron chi connectivity index (χ4n) is 2.42. The SMILES string of the molecule is CCCN1CCN(C(C)CNC(C)(C)CC)CC1. The molecule has 0 bridgehead atoms. The standard InChI is InChI=1S/C15H33N3/c1-6-8-17-9-11-18(12-10-17)14(3)13-16-15(4,5)7-2/h14,16H,6-13H2,1-5H3. The minimum absolute atomic E-state index is 0.276. The number of hydrogen-bond acceptors (Lipinski definition) is 3. The van der Waals surface area contributed by atoms with E-state index in [4.69, 9.17) is 0 Å². The summed E-state index contributed by atoms with van der Waals surface area (Å²) in [5, 5.41) is 3.69. The maximum absolute atomic E-state index is 3.69. The quantitative estimate of drug-likeness (QED) is 0.752. The molecule has 1 heterocycles. The van der Waals surface area contributed by atoms with Crippen LogP contribution in [-0.2, 0) is 0 Å². The van der Waals surface area contributed by atoms with Gasteiger partial charge in [-0.05, 0) is 40.2 Å². The average Bonchev–Trinajstić information content (AvgIpc) is 2.37. The zero-order chi connectivity index (χ0) is 13.6. The molecular formula is C15H33N3. The van der Waals surface area contributed by atoms with Gasteiger partial charge in [-0.15, -0.1) is 0 Å². The largest absolute Gasteiger partial charge is 0.310 e. The minimum atomic E-state index is 0.276. The lowest BCUT2D eigenvalue weighted by molar-refractivity contribution is 0.0982. The lowest BCUT2D eigenvalue weighted by Gasteiger charge is -2.39. The summed E-state index contributed by atoms with van der Waals surface area (Å²) < 4.78 is 0. The summed E-state index contributed by atoms with van der Waals surface area (Å²) >= 11 is 0. The number of hydrogen-bond donors (Lipinski definition) is 1. The van der Waals surface area contributed by atoms with Gasteiger partial charge in [0.2, 0.25) is 0 Å². The molecule has 1 rings (SSSR count). The van der Waals surface area contributed by atoms with Gasteiger partial charge in [0, 0.05) is 44.3 Å². The highest BCUT2D eigenvalue weighted by molar-refractivity contribution is 4.81. The van der Waals surface area contributed by atoms with Crippen LogP contribution in [0.4, 0.5) is 0 Å². The Kier molecular flexibility index (Phi) is 6.61. The van der Waals surface area contributed by atoms with Crippen LogP contribution in [0.5, 0.6) is 0 Å². The third-order valence-electron chi connectivity index (χ3n) is 4.33.